The van der Waals surface area contributed by atoms with Crippen LogP contribution in [-0.4, -0.2) is 67.2 Å². The molecule has 1 fully saturated rings. The van der Waals surface area contributed by atoms with Crippen molar-refractivity contribution in [3.8, 4) is 5.88 Å². The maximum atomic E-state index is 13.0. The van der Waals surface area contributed by atoms with Crippen molar-refractivity contribution in [3.63, 3.8) is 0 Å². The van der Waals surface area contributed by atoms with E-state index in [0.717, 1.165) is 19.6 Å². The number of hydrogen-bond donors (Lipinski definition) is 0. The minimum Gasteiger partial charge on any atom is -0.475 e. The van der Waals surface area contributed by atoms with Crippen LogP contribution in [0.25, 0.3) is 10.8 Å². The molecule has 1 amide bonds. The number of nitrogens with zero attached hydrogens (tertiary/aromatic N) is 3. The lowest BCUT2D eigenvalue weighted by Crippen LogP contribution is -2.48. The fourth-order valence-electron chi connectivity index (χ4n) is 3.84. The summed E-state index contributed by atoms with van der Waals surface area (Å²) in [5.41, 5.74) is 1.84. The first-order valence-electron chi connectivity index (χ1n) is 10.3. The molecule has 4 rings (SSSR count). The van der Waals surface area contributed by atoms with E-state index in [9.17, 15) is 4.79 Å². The maximum absolute atomic E-state index is 13.0. The van der Waals surface area contributed by atoms with E-state index in [1.807, 2.05) is 4.90 Å². The Kier molecular flexibility index (Phi) is 6.57. The molecule has 6 heteroatoms. The first-order valence-corrected chi connectivity index (χ1v) is 10.3. The van der Waals surface area contributed by atoms with Gasteiger partial charge in [0.2, 0.25) is 5.88 Å². The van der Waals surface area contributed by atoms with E-state index in [-0.39, 0.29) is 5.91 Å². The summed E-state index contributed by atoms with van der Waals surface area (Å²) in [5.74, 6) is 0.345. The summed E-state index contributed by atoms with van der Waals surface area (Å²) < 4.78 is 10.7. The zero-order chi connectivity index (χ0) is 20.8. The Morgan fingerprint density at radius 1 is 0.967 bits per heavy atom. The van der Waals surface area contributed by atoms with Gasteiger partial charge in [-0.3, -0.25) is 9.69 Å². The molecular weight excluding hydrogens is 378 g/mol. The summed E-state index contributed by atoms with van der Waals surface area (Å²) in [7, 11) is 1.62. The van der Waals surface area contributed by atoms with Gasteiger partial charge in [0.25, 0.3) is 5.91 Å². The van der Waals surface area contributed by atoms with E-state index >= 15 is 0 Å². The highest BCUT2D eigenvalue weighted by molar-refractivity contribution is 5.96. The minimum absolute atomic E-state index is 0.0275. The molecule has 0 saturated carbocycles. The lowest BCUT2D eigenvalue weighted by Gasteiger charge is -2.35. The quantitative estimate of drug-likeness (QED) is 0.565. The minimum atomic E-state index is -0.0275. The Morgan fingerprint density at radius 3 is 2.60 bits per heavy atom. The van der Waals surface area contributed by atoms with Gasteiger partial charge >= 0.3 is 0 Å². The molecule has 0 atom stereocenters. The molecule has 0 unspecified atom stereocenters. The van der Waals surface area contributed by atoms with E-state index in [0.29, 0.717) is 37.7 Å². The van der Waals surface area contributed by atoms with Gasteiger partial charge in [0.1, 0.15) is 12.2 Å². The van der Waals surface area contributed by atoms with E-state index in [1.165, 1.54) is 16.3 Å². The highest BCUT2D eigenvalue weighted by Crippen LogP contribution is 2.22. The molecule has 6 nitrogen and oxygen atoms in total. The maximum Gasteiger partial charge on any atom is 0.259 e. The van der Waals surface area contributed by atoms with Crippen molar-refractivity contribution in [3.05, 3.63) is 71.9 Å². The third-order valence-corrected chi connectivity index (χ3v) is 5.46. The second kappa shape index (κ2) is 9.69. The van der Waals surface area contributed by atoms with Gasteiger partial charge in [0, 0.05) is 46.0 Å². The largest absolute Gasteiger partial charge is 0.475 e. The van der Waals surface area contributed by atoms with Crippen LogP contribution in [0.2, 0.25) is 0 Å². The van der Waals surface area contributed by atoms with Crippen molar-refractivity contribution in [1.82, 2.24) is 14.8 Å². The van der Waals surface area contributed by atoms with Crippen molar-refractivity contribution in [1.29, 1.82) is 0 Å². The zero-order valence-corrected chi connectivity index (χ0v) is 17.3. The van der Waals surface area contributed by atoms with Crippen LogP contribution in [0.15, 0.2) is 60.8 Å². The van der Waals surface area contributed by atoms with Crippen LogP contribution in [0.4, 0.5) is 0 Å². The fourth-order valence-corrected chi connectivity index (χ4v) is 3.84. The molecule has 0 spiro atoms. The van der Waals surface area contributed by atoms with Crippen LogP contribution in [0.1, 0.15) is 15.9 Å². The van der Waals surface area contributed by atoms with Gasteiger partial charge in [-0.25, -0.2) is 4.98 Å². The number of pyridine rings is 1. The summed E-state index contributed by atoms with van der Waals surface area (Å²) in [6, 6.07) is 18.5. The predicted octanol–water partition coefficient (Wildman–Crippen LogP) is 3.22. The number of benzene rings is 2. The topological polar surface area (TPSA) is 54.9 Å². The third-order valence-electron chi connectivity index (χ3n) is 5.46. The van der Waals surface area contributed by atoms with Crippen LogP contribution in [-0.2, 0) is 11.3 Å². The van der Waals surface area contributed by atoms with Gasteiger partial charge in [0.05, 0.1) is 6.61 Å². The third kappa shape index (κ3) is 4.61. The summed E-state index contributed by atoms with van der Waals surface area (Å²) in [6.07, 6.45) is 1.64. The number of carbonyl (C=O) groups excluding carboxylic acids is 1. The van der Waals surface area contributed by atoms with Crippen LogP contribution in [0.5, 0.6) is 5.88 Å². The molecule has 3 aromatic rings. The van der Waals surface area contributed by atoms with Gasteiger partial charge in [-0.2, -0.15) is 0 Å². The molecule has 1 aliphatic heterocycles. The van der Waals surface area contributed by atoms with Crippen LogP contribution in [0.3, 0.4) is 0 Å². The zero-order valence-electron chi connectivity index (χ0n) is 17.3. The van der Waals surface area contributed by atoms with Crippen molar-refractivity contribution >= 4 is 16.7 Å². The average molecular weight is 405 g/mol. The van der Waals surface area contributed by atoms with Crippen molar-refractivity contribution < 1.29 is 14.3 Å². The van der Waals surface area contributed by atoms with Crippen molar-refractivity contribution in [2.75, 3.05) is 46.5 Å². The molecule has 156 valence electrons. The SMILES string of the molecule is COCCOc1ncccc1C(=O)N1CCN(Cc2cccc3ccccc23)CC1. The number of methoxy groups -OCH3 is 1. The second-order valence-electron chi connectivity index (χ2n) is 7.40. The molecule has 30 heavy (non-hydrogen) atoms. The number of fused-ring (bicyclic) bond motifs is 1. The van der Waals surface area contributed by atoms with E-state index in [4.69, 9.17) is 9.47 Å². The van der Waals surface area contributed by atoms with Gasteiger partial charge in [0.15, 0.2) is 0 Å². The van der Waals surface area contributed by atoms with Crippen molar-refractivity contribution in [2.45, 2.75) is 6.54 Å². The summed E-state index contributed by atoms with van der Waals surface area (Å²) in [4.78, 5) is 21.6. The smallest absolute Gasteiger partial charge is 0.259 e. The molecule has 0 N–H and O–H groups in total. The summed E-state index contributed by atoms with van der Waals surface area (Å²) >= 11 is 0. The molecule has 0 bridgehead atoms. The number of ether oxygens (including phenoxy) is 2. The highest BCUT2D eigenvalue weighted by Gasteiger charge is 2.25. The Hall–Kier alpha value is -2.96. The average Bonchev–Trinajstić information content (AvgIpc) is 2.80. The number of carbonyl (C=O) groups is 1. The Balaban J connectivity index is 1.38. The van der Waals surface area contributed by atoms with E-state index in [1.54, 1.807) is 25.4 Å². The lowest BCUT2D eigenvalue weighted by atomic mass is 10.0. The number of amides is 1. The first-order chi connectivity index (χ1) is 14.8. The normalized spacial score (nSPS) is 14.8. The van der Waals surface area contributed by atoms with Gasteiger partial charge < -0.3 is 14.4 Å². The molecule has 1 aromatic heterocycles. The molecule has 2 aromatic carbocycles. The van der Waals surface area contributed by atoms with Crippen LogP contribution < -0.4 is 4.74 Å². The second-order valence-corrected chi connectivity index (χ2v) is 7.40. The van der Waals surface area contributed by atoms with Crippen LogP contribution in [0, 0.1) is 0 Å². The number of piperazine rings is 1. The highest BCUT2D eigenvalue weighted by atomic mass is 16.5. The van der Waals surface area contributed by atoms with Gasteiger partial charge in [-0.1, -0.05) is 42.5 Å². The predicted molar refractivity (Wildman–Crippen MR) is 117 cm³/mol. The fraction of sp³-hybridized carbons (Fsp3) is 0.333. The lowest BCUT2D eigenvalue weighted by molar-refractivity contribution is 0.0621. The summed E-state index contributed by atoms with van der Waals surface area (Å²) in [5, 5.41) is 2.56. The Bertz CT molecular complexity index is 994. The number of rotatable bonds is 7. The number of aromatic nitrogens is 1. The van der Waals surface area contributed by atoms with Gasteiger partial charge in [-0.05, 0) is 28.5 Å². The Morgan fingerprint density at radius 2 is 1.77 bits per heavy atom. The van der Waals surface area contributed by atoms with Crippen molar-refractivity contribution in [2.24, 2.45) is 0 Å². The molecule has 0 radical (unpaired) electrons. The van der Waals surface area contributed by atoms with E-state index in [2.05, 4.69) is 52.3 Å². The standard InChI is InChI=1S/C24H27N3O3/c1-29-16-17-30-23-22(10-5-11-25-23)24(28)27-14-12-26(13-15-27)18-20-8-4-7-19-6-2-3-9-21(19)20/h2-11H,12-18H2,1H3. The Labute approximate surface area is 177 Å². The first kappa shape index (κ1) is 20.3. The van der Waals surface area contributed by atoms with E-state index < -0.39 is 0 Å². The number of hydrogen-bond acceptors (Lipinski definition) is 5. The summed E-state index contributed by atoms with van der Waals surface area (Å²) in [6.45, 7) is 4.78. The molecule has 0 aliphatic carbocycles. The molecule has 2 heterocycles. The molecule has 1 aliphatic rings. The molecular formula is C24H27N3O3. The molecule has 1 saturated heterocycles. The monoisotopic (exact) mass is 405 g/mol. The van der Waals surface area contributed by atoms with Crippen LogP contribution >= 0.6 is 0 Å². The van der Waals surface area contributed by atoms with Gasteiger partial charge in [-0.15, -0.1) is 0 Å².